The molecular weight excluding hydrogens is 350 g/mol. The number of hydrogen-bond acceptors (Lipinski definition) is 3. The van der Waals surface area contributed by atoms with Gasteiger partial charge in [-0.25, -0.2) is 0 Å². The van der Waals surface area contributed by atoms with Gasteiger partial charge in [0.1, 0.15) is 0 Å². The average molecular weight is 386 g/mol. The third-order valence-electron chi connectivity index (χ3n) is 6.00. The number of nitrogens with one attached hydrogen (secondary N) is 1. The zero-order valence-electron chi connectivity index (χ0n) is 17.4. The van der Waals surface area contributed by atoms with E-state index in [1.54, 1.807) is 0 Å². The van der Waals surface area contributed by atoms with Crippen molar-refractivity contribution in [3.8, 4) is 0 Å². The van der Waals surface area contributed by atoms with Gasteiger partial charge in [-0.05, 0) is 50.6 Å². The van der Waals surface area contributed by atoms with Crippen LogP contribution in [0.1, 0.15) is 45.1 Å². The quantitative estimate of drug-likeness (QED) is 0.819. The fourth-order valence-electron chi connectivity index (χ4n) is 4.55. The molecule has 2 saturated heterocycles. The van der Waals surface area contributed by atoms with Crippen molar-refractivity contribution in [1.29, 1.82) is 0 Å². The first-order valence-corrected chi connectivity index (χ1v) is 10.9. The highest BCUT2D eigenvalue weighted by Gasteiger charge is 2.29. The minimum Gasteiger partial charge on any atom is -0.352 e. The first-order valence-electron chi connectivity index (χ1n) is 10.9. The van der Waals surface area contributed by atoms with Gasteiger partial charge in [0.15, 0.2) is 0 Å². The van der Waals surface area contributed by atoms with Crippen LogP contribution in [0.5, 0.6) is 0 Å². The molecule has 3 rings (SSSR count). The molecule has 2 amide bonds. The zero-order valence-corrected chi connectivity index (χ0v) is 17.4. The number of nitrogens with zero attached hydrogens (tertiary/aromatic N) is 2. The van der Waals surface area contributed by atoms with Crippen LogP contribution in [0.15, 0.2) is 30.3 Å². The highest BCUT2D eigenvalue weighted by Crippen LogP contribution is 2.19. The third-order valence-corrected chi connectivity index (χ3v) is 6.00. The maximum absolute atomic E-state index is 12.8. The lowest BCUT2D eigenvalue weighted by Crippen LogP contribution is -2.50. The van der Waals surface area contributed by atoms with E-state index in [9.17, 15) is 9.59 Å². The normalized spacial score (nSPS) is 24.6. The number of likely N-dealkylation sites (tertiary alicyclic amines) is 2. The van der Waals surface area contributed by atoms with E-state index in [4.69, 9.17) is 0 Å². The maximum Gasteiger partial charge on any atom is 0.227 e. The van der Waals surface area contributed by atoms with E-state index in [0.29, 0.717) is 13.0 Å². The first kappa shape index (κ1) is 20.8. The van der Waals surface area contributed by atoms with Crippen molar-refractivity contribution in [1.82, 2.24) is 15.1 Å². The molecule has 0 radical (unpaired) electrons. The number of rotatable bonds is 6. The van der Waals surface area contributed by atoms with E-state index in [-0.39, 0.29) is 23.8 Å². The van der Waals surface area contributed by atoms with Crippen molar-refractivity contribution >= 4 is 11.8 Å². The molecule has 0 unspecified atom stereocenters. The Balaban J connectivity index is 1.46. The molecule has 0 bridgehead atoms. The van der Waals surface area contributed by atoms with Crippen LogP contribution in [-0.4, -0.2) is 60.4 Å². The lowest BCUT2D eigenvalue weighted by atomic mass is 9.96. The molecule has 0 spiro atoms. The number of carbonyl (C=O) groups excluding carboxylic acids is 2. The highest BCUT2D eigenvalue weighted by molar-refractivity contribution is 5.82. The Bertz CT molecular complexity index is 649. The number of hydrogen-bond donors (Lipinski definition) is 1. The van der Waals surface area contributed by atoms with Gasteiger partial charge in [0, 0.05) is 32.2 Å². The smallest absolute Gasteiger partial charge is 0.227 e. The van der Waals surface area contributed by atoms with E-state index >= 15 is 0 Å². The van der Waals surface area contributed by atoms with Gasteiger partial charge in [-0.1, -0.05) is 37.3 Å². The Labute approximate surface area is 169 Å². The molecule has 1 N–H and O–H groups in total. The van der Waals surface area contributed by atoms with E-state index in [2.05, 4.69) is 24.1 Å². The summed E-state index contributed by atoms with van der Waals surface area (Å²) in [5, 5.41) is 3.20. The summed E-state index contributed by atoms with van der Waals surface area (Å²) in [4.78, 5) is 29.8. The fourth-order valence-corrected chi connectivity index (χ4v) is 4.55. The van der Waals surface area contributed by atoms with Gasteiger partial charge in [0.05, 0.1) is 12.3 Å². The van der Waals surface area contributed by atoms with Gasteiger partial charge in [-0.2, -0.15) is 0 Å². The molecule has 0 aromatic heterocycles. The molecule has 5 nitrogen and oxygen atoms in total. The van der Waals surface area contributed by atoms with Gasteiger partial charge in [-0.3, -0.25) is 9.59 Å². The number of piperidine rings is 2. The summed E-state index contributed by atoms with van der Waals surface area (Å²) < 4.78 is 0. The summed E-state index contributed by atoms with van der Waals surface area (Å²) in [7, 11) is 0. The molecule has 0 aliphatic carbocycles. The Kier molecular flexibility index (Phi) is 7.49. The standard InChI is InChI=1S/C23H35N3O2/c1-18-8-6-12-25(15-18)16-19(2)24-23(28)21-11-7-13-26(17-21)22(27)14-20-9-4-3-5-10-20/h3-5,9-10,18-19,21H,6-8,11-17H2,1-2H3,(H,24,28)/t18-,19+,21-/m1/s1. The van der Waals surface area contributed by atoms with Gasteiger partial charge in [0.25, 0.3) is 0 Å². The minimum absolute atomic E-state index is 0.0868. The number of amides is 2. The molecule has 5 heteroatoms. The molecular formula is C23H35N3O2. The topological polar surface area (TPSA) is 52.7 Å². The molecule has 2 aliphatic rings. The Hall–Kier alpha value is -1.88. The van der Waals surface area contributed by atoms with Crippen LogP contribution in [0, 0.1) is 11.8 Å². The monoisotopic (exact) mass is 385 g/mol. The predicted octanol–water partition coefficient (Wildman–Crippen LogP) is 2.70. The summed E-state index contributed by atoms with van der Waals surface area (Å²) in [5.41, 5.74) is 1.03. The number of carbonyl (C=O) groups is 2. The Morgan fingerprint density at radius 2 is 1.86 bits per heavy atom. The zero-order chi connectivity index (χ0) is 19.9. The van der Waals surface area contributed by atoms with Gasteiger partial charge in [0.2, 0.25) is 11.8 Å². The van der Waals surface area contributed by atoms with Crippen molar-refractivity contribution in [3.63, 3.8) is 0 Å². The van der Waals surface area contributed by atoms with Crippen LogP contribution in [0.25, 0.3) is 0 Å². The van der Waals surface area contributed by atoms with E-state index in [0.717, 1.165) is 50.5 Å². The molecule has 3 atom stereocenters. The summed E-state index contributed by atoms with van der Waals surface area (Å²) in [6.07, 6.45) is 4.75. The lowest BCUT2D eigenvalue weighted by molar-refractivity contribution is -0.135. The summed E-state index contributed by atoms with van der Waals surface area (Å²) in [5.74, 6) is 0.893. The van der Waals surface area contributed by atoms with Crippen molar-refractivity contribution in [2.75, 3.05) is 32.7 Å². The summed E-state index contributed by atoms with van der Waals surface area (Å²) in [6.45, 7) is 8.89. The van der Waals surface area contributed by atoms with Gasteiger partial charge >= 0.3 is 0 Å². The van der Waals surface area contributed by atoms with Crippen molar-refractivity contribution in [2.45, 2.75) is 52.0 Å². The van der Waals surface area contributed by atoms with Crippen molar-refractivity contribution in [2.24, 2.45) is 11.8 Å². The van der Waals surface area contributed by atoms with E-state index in [1.807, 2.05) is 35.2 Å². The van der Waals surface area contributed by atoms with Gasteiger partial charge in [-0.15, -0.1) is 0 Å². The molecule has 2 fully saturated rings. The predicted molar refractivity (Wildman–Crippen MR) is 112 cm³/mol. The number of benzene rings is 1. The van der Waals surface area contributed by atoms with E-state index in [1.165, 1.54) is 12.8 Å². The van der Waals surface area contributed by atoms with Gasteiger partial charge < -0.3 is 15.1 Å². The first-order chi connectivity index (χ1) is 13.5. The Morgan fingerprint density at radius 3 is 2.61 bits per heavy atom. The molecule has 0 saturated carbocycles. The fraction of sp³-hybridized carbons (Fsp3) is 0.652. The SMILES string of the molecule is C[C@@H]1CCCN(C[C@H](C)NC(=O)[C@@H]2CCCN(C(=O)Cc3ccccc3)C2)C1. The average Bonchev–Trinajstić information content (AvgIpc) is 2.68. The molecule has 28 heavy (non-hydrogen) atoms. The molecule has 1 aromatic rings. The molecule has 2 heterocycles. The van der Waals surface area contributed by atoms with Crippen LogP contribution in [0.2, 0.25) is 0 Å². The second-order valence-electron chi connectivity index (χ2n) is 8.76. The summed E-state index contributed by atoms with van der Waals surface area (Å²) in [6, 6.07) is 9.98. The van der Waals surface area contributed by atoms with Crippen molar-refractivity contribution in [3.05, 3.63) is 35.9 Å². The molecule has 2 aliphatic heterocycles. The summed E-state index contributed by atoms with van der Waals surface area (Å²) >= 11 is 0. The minimum atomic E-state index is -0.0868. The van der Waals surface area contributed by atoms with Crippen LogP contribution in [-0.2, 0) is 16.0 Å². The second-order valence-corrected chi connectivity index (χ2v) is 8.76. The highest BCUT2D eigenvalue weighted by atomic mass is 16.2. The van der Waals surface area contributed by atoms with Crippen LogP contribution < -0.4 is 5.32 Å². The molecule has 1 aromatic carbocycles. The second kappa shape index (κ2) is 10.1. The Morgan fingerprint density at radius 1 is 1.11 bits per heavy atom. The maximum atomic E-state index is 12.8. The van der Waals surface area contributed by atoms with Crippen LogP contribution >= 0.6 is 0 Å². The molecule has 154 valence electrons. The lowest BCUT2D eigenvalue weighted by Gasteiger charge is -2.35. The van der Waals surface area contributed by atoms with Crippen molar-refractivity contribution < 1.29 is 9.59 Å². The van der Waals surface area contributed by atoms with E-state index < -0.39 is 0 Å². The largest absolute Gasteiger partial charge is 0.352 e. The van der Waals surface area contributed by atoms with Crippen LogP contribution in [0.3, 0.4) is 0 Å². The van der Waals surface area contributed by atoms with Crippen LogP contribution in [0.4, 0.5) is 0 Å². The third kappa shape index (κ3) is 6.06.